The Morgan fingerprint density at radius 3 is 2.70 bits per heavy atom. The summed E-state index contributed by atoms with van der Waals surface area (Å²) < 4.78 is 47.8. The van der Waals surface area contributed by atoms with Gasteiger partial charge in [0.15, 0.2) is 0 Å². The van der Waals surface area contributed by atoms with Crippen LogP contribution in [0, 0.1) is 5.82 Å². The molecule has 0 unspecified atom stereocenters. The van der Waals surface area contributed by atoms with Gasteiger partial charge in [-0.1, -0.05) is 17.6 Å². The highest BCUT2D eigenvalue weighted by molar-refractivity contribution is 7.90. The van der Waals surface area contributed by atoms with Crippen molar-refractivity contribution < 1.29 is 22.0 Å². The van der Waals surface area contributed by atoms with Gasteiger partial charge in [0.1, 0.15) is 59.5 Å². The van der Waals surface area contributed by atoms with Crippen molar-refractivity contribution in [3.05, 3.63) is 96.3 Å². The molecule has 0 aliphatic rings. The number of sulfone groups is 1. The van der Waals surface area contributed by atoms with Crippen molar-refractivity contribution in [2.24, 2.45) is 0 Å². The van der Waals surface area contributed by atoms with E-state index in [1.54, 1.807) is 24.3 Å². The number of hydrogen-bond donors (Lipinski definition) is 2. The Labute approximate surface area is 232 Å². The average Bonchev–Trinajstić information content (AvgIpc) is 3.39. The highest BCUT2D eigenvalue weighted by Gasteiger charge is 2.11. The number of halogens is 1. The Hall–Kier alpha value is -4.22. The second-order valence-electron chi connectivity index (χ2n) is 9.32. The summed E-state index contributed by atoms with van der Waals surface area (Å²) in [7, 11) is 3.21. The predicted octanol–water partition coefficient (Wildman–Crippen LogP) is 4.28. The first kappa shape index (κ1) is 27.4. The topological polar surface area (TPSA) is 106 Å². The Morgan fingerprint density at radius 2 is 1.90 bits per heavy atom. The third-order valence-electron chi connectivity index (χ3n) is 6.09. The summed E-state index contributed by atoms with van der Waals surface area (Å²) in [5, 5.41) is 7.17. The summed E-state index contributed by atoms with van der Waals surface area (Å²) in [6, 6.07) is 21.0. The molecule has 5 aromatic rings. The zero-order chi connectivity index (χ0) is 28.1. The Kier molecular flexibility index (Phi) is 8.13. The van der Waals surface area contributed by atoms with Crippen LogP contribution in [0.3, 0.4) is 0 Å². The van der Waals surface area contributed by atoms with Gasteiger partial charge in [0.2, 0.25) is 0 Å². The smallest absolute Gasteiger partial charge is 0.148 e. The lowest BCUT2D eigenvalue weighted by molar-refractivity contribution is 0.308. The molecule has 0 atom stereocenters. The molecule has 2 N–H and O–H groups in total. The van der Waals surface area contributed by atoms with Gasteiger partial charge in [-0.2, -0.15) is 0 Å². The van der Waals surface area contributed by atoms with Crippen LogP contribution >= 0.6 is 0 Å². The molecule has 2 aromatic heterocycles. The summed E-state index contributed by atoms with van der Waals surface area (Å²) in [6.45, 7) is 0.962. The molecule has 0 aliphatic heterocycles. The normalized spacial score (nSPS) is 11.6. The van der Waals surface area contributed by atoms with Crippen LogP contribution in [0.5, 0.6) is 5.75 Å². The maximum Gasteiger partial charge on any atom is 0.148 e. The van der Waals surface area contributed by atoms with E-state index in [9.17, 15) is 12.8 Å². The number of rotatable bonds is 11. The number of nitrogens with one attached hydrogen (secondary N) is 2. The van der Waals surface area contributed by atoms with E-state index in [4.69, 9.17) is 17.0 Å². The Bertz CT molecular complexity index is 1760. The van der Waals surface area contributed by atoms with Crippen molar-refractivity contribution in [3.8, 4) is 17.1 Å². The molecule has 11 heteroatoms. The third-order valence-corrected chi connectivity index (χ3v) is 7.03. The third kappa shape index (κ3) is 7.05. The molecular weight excluding hydrogens is 530 g/mol. The SMILES string of the molecule is [B]c1cc(Nc2ncnc3ccc(-c4ccc(CNCCS(C)(=O)=O)o4)cc23)ccc1OCc1cccc(F)c1. The van der Waals surface area contributed by atoms with E-state index in [0.29, 0.717) is 52.9 Å². The summed E-state index contributed by atoms with van der Waals surface area (Å²) in [4.78, 5) is 8.80. The van der Waals surface area contributed by atoms with Crippen molar-refractivity contribution in [2.75, 3.05) is 23.9 Å². The van der Waals surface area contributed by atoms with Gasteiger partial charge in [-0.15, -0.1) is 0 Å². The van der Waals surface area contributed by atoms with Crippen LogP contribution < -0.4 is 20.8 Å². The monoisotopic (exact) mass is 556 g/mol. The molecule has 8 nitrogen and oxygen atoms in total. The molecule has 0 aliphatic carbocycles. The minimum atomic E-state index is -3.02. The maximum atomic E-state index is 13.4. The minimum absolute atomic E-state index is 0.0668. The fourth-order valence-electron chi connectivity index (χ4n) is 4.09. The first-order chi connectivity index (χ1) is 19.2. The highest BCUT2D eigenvalue weighted by Crippen LogP contribution is 2.30. The van der Waals surface area contributed by atoms with Gasteiger partial charge in [-0.05, 0) is 66.2 Å². The molecule has 3 aromatic carbocycles. The average molecular weight is 556 g/mol. The number of aromatic nitrogens is 2. The van der Waals surface area contributed by atoms with Gasteiger partial charge in [0, 0.05) is 29.4 Å². The second-order valence-corrected chi connectivity index (χ2v) is 11.6. The fraction of sp³-hybridized carbons (Fsp3) is 0.172. The van der Waals surface area contributed by atoms with Crippen LogP contribution in [-0.4, -0.2) is 44.8 Å². The van der Waals surface area contributed by atoms with Crippen molar-refractivity contribution in [1.29, 1.82) is 0 Å². The van der Waals surface area contributed by atoms with Gasteiger partial charge in [-0.25, -0.2) is 22.8 Å². The van der Waals surface area contributed by atoms with Crippen LogP contribution in [0.1, 0.15) is 11.3 Å². The second kappa shape index (κ2) is 11.9. The number of ether oxygens (including phenoxy) is 1. The molecule has 0 spiro atoms. The lowest BCUT2D eigenvalue weighted by Gasteiger charge is -2.13. The molecule has 2 radical (unpaired) electrons. The zero-order valence-electron chi connectivity index (χ0n) is 21.7. The van der Waals surface area contributed by atoms with Crippen LogP contribution in [-0.2, 0) is 23.0 Å². The van der Waals surface area contributed by atoms with E-state index in [-0.39, 0.29) is 18.2 Å². The molecule has 0 amide bonds. The van der Waals surface area contributed by atoms with Crippen LogP contribution in [0.15, 0.2) is 83.5 Å². The van der Waals surface area contributed by atoms with E-state index in [2.05, 4.69) is 20.6 Å². The quantitative estimate of drug-likeness (QED) is 0.184. The molecule has 5 rings (SSSR count). The number of nitrogens with zero attached hydrogens (tertiary/aromatic N) is 2. The van der Waals surface area contributed by atoms with E-state index in [1.807, 2.05) is 36.4 Å². The van der Waals surface area contributed by atoms with Crippen LogP contribution in [0.4, 0.5) is 15.9 Å². The largest absolute Gasteiger partial charge is 0.490 e. The highest BCUT2D eigenvalue weighted by atomic mass is 32.2. The summed E-state index contributed by atoms with van der Waals surface area (Å²) in [5.74, 6) is 2.19. The predicted molar refractivity (Wildman–Crippen MR) is 155 cm³/mol. The zero-order valence-corrected chi connectivity index (χ0v) is 22.5. The van der Waals surface area contributed by atoms with E-state index >= 15 is 0 Å². The van der Waals surface area contributed by atoms with E-state index in [1.165, 1.54) is 24.7 Å². The number of anilines is 2. The van der Waals surface area contributed by atoms with Crippen molar-refractivity contribution in [1.82, 2.24) is 15.3 Å². The first-order valence-electron chi connectivity index (χ1n) is 12.5. The molecular formula is C29H26BFN4O4S. The van der Waals surface area contributed by atoms with Crippen molar-refractivity contribution in [2.45, 2.75) is 13.2 Å². The summed E-state index contributed by atoms with van der Waals surface area (Å²) in [6.07, 6.45) is 2.69. The number of furan rings is 1. The van der Waals surface area contributed by atoms with Crippen molar-refractivity contribution in [3.63, 3.8) is 0 Å². The standard InChI is InChI=1S/C29H26BFN4O4S/c1-40(36,37)12-11-32-16-23-7-10-27(39-23)20-5-8-26-24(14-20)29(34-18-33-26)35-22-6-9-28(25(30)15-22)38-17-19-3-2-4-21(31)13-19/h2-10,13-15,18,32H,11-12,16-17H2,1H3,(H,33,34,35). The molecule has 40 heavy (non-hydrogen) atoms. The molecule has 202 valence electrons. The molecule has 0 bridgehead atoms. The van der Waals surface area contributed by atoms with Gasteiger partial charge >= 0.3 is 0 Å². The van der Waals surface area contributed by atoms with Gasteiger partial charge in [0.25, 0.3) is 0 Å². The van der Waals surface area contributed by atoms with Crippen LogP contribution in [0.25, 0.3) is 22.2 Å². The first-order valence-corrected chi connectivity index (χ1v) is 14.6. The maximum absolute atomic E-state index is 13.4. The Balaban J connectivity index is 1.29. The lowest BCUT2D eigenvalue weighted by atomic mass is 9.94. The lowest BCUT2D eigenvalue weighted by Crippen LogP contribution is -2.21. The number of benzene rings is 3. The Morgan fingerprint density at radius 1 is 1.02 bits per heavy atom. The van der Waals surface area contributed by atoms with Gasteiger partial charge in [-0.3, -0.25) is 0 Å². The van der Waals surface area contributed by atoms with E-state index < -0.39 is 9.84 Å². The summed E-state index contributed by atoms with van der Waals surface area (Å²) >= 11 is 0. The van der Waals surface area contributed by atoms with Gasteiger partial charge < -0.3 is 19.8 Å². The molecule has 0 fully saturated rings. The fourth-order valence-corrected chi connectivity index (χ4v) is 4.60. The minimum Gasteiger partial charge on any atom is -0.490 e. The van der Waals surface area contributed by atoms with Gasteiger partial charge in [0.05, 0.1) is 17.8 Å². The molecule has 2 heterocycles. The molecule has 0 saturated heterocycles. The van der Waals surface area contributed by atoms with Crippen molar-refractivity contribution >= 4 is 45.6 Å². The number of fused-ring (bicyclic) bond motifs is 1. The number of hydrogen-bond acceptors (Lipinski definition) is 8. The van der Waals surface area contributed by atoms with Crippen LogP contribution in [0.2, 0.25) is 0 Å². The van der Waals surface area contributed by atoms with E-state index in [0.717, 1.165) is 16.5 Å². The molecule has 0 saturated carbocycles. The summed E-state index contributed by atoms with van der Waals surface area (Å²) in [5.41, 5.74) is 3.43.